The lowest BCUT2D eigenvalue weighted by Crippen LogP contribution is -2.10. The normalized spacial score (nSPS) is 12.9. The summed E-state index contributed by atoms with van der Waals surface area (Å²) in [5, 5.41) is 11.2. The largest absolute Gasteiger partial charge is 0.493 e. The molecule has 5 rings (SSSR count). The second kappa shape index (κ2) is 7.53. The number of benzene rings is 1. The van der Waals surface area contributed by atoms with Crippen molar-refractivity contribution in [2.75, 3.05) is 11.9 Å². The molecule has 0 unspecified atom stereocenters. The number of nitrogens with one attached hydrogen (secondary N) is 1. The first kappa shape index (κ1) is 19.3. The molecule has 4 heterocycles. The van der Waals surface area contributed by atoms with Crippen molar-refractivity contribution < 1.29 is 17.9 Å². The lowest BCUT2D eigenvalue weighted by Gasteiger charge is -2.14. The molecule has 7 nitrogen and oxygen atoms in total. The first-order chi connectivity index (χ1) is 15.0. The van der Waals surface area contributed by atoms with Gasteiger partial charge in [-0.2, -0.15) is 0 Å². The fourth-order valence-corrected chi connectivity index (χ4v) is 3.88. The average Bonchev–Trinajstić information content (AvgIpc) is 3.43. The van der Waals surface area contributed by atoms with Gasteiger partial charge < -0.3 is 10.1 Å². The van der Waals surface area contributed by atoms with E-state index in [9.17, 15) is 13.2 Å². The highest BCUT2D eigenvalue weighted by molar-refractivity contribution is 5.79. The minimum absolute atomic E-state index is 0.196. The van der Waals surface area contributed by atoms with Crippen molar-refractivity contribution in [3.63, 3.8) is 0 Å². The summed E-state index contributed by atoms with van der Waals surface area (Å²) in [5.74, 6) is 0.778. The number of halogens is 3. The summed E-state index contributed by atoms with van der Waals surface area (Å²) in [4.78, 5) is 8.20. The smallest absolute Gasteiger partial charge is 0.280 e. The Morgan fingerprint density at radius 2 is 2.06 bits per heavy atom. The van der Waals surface area contributed by atoms with Crippen molar-refractivity contribution in [2.24, 2.45) is 0 Å². The van der Waals surface area contributed by atoms with Gasteiger partial charge in [-0.25, -0.2) is 18.2 Å². The molecule has 0 amide bonds. The van der Waals surface area contributed by atoms with E-state index < -0.39 is 6.43 Å². The zero-order valence-corrected chi connectivity index (χ0v) is 16.4. The number of fused-ring (bicyclic) bond motifs is 2. The van der Waals surface area contributed by atoms with Gasteiger partial charge in [0.2, 0.25) is 5.95 Å². The minimum atomic E-state index is -2.69. The van der Waals surface area contributed by atoms with E-state index in [0.29, 0.717) is 52.6 Å². The van der Waals surface area contributed by atoms with Crippen LogP contribution in [0.5, 0.6) is 5.75 Å². The standard InChI is InChI=1S/C21H17F3N6O/c1-11-12(4-6-25-18(11)19(23)24)15-9-27-21(30-10-28-29-20(15)30)26-8-14-13-5-7-31-17(13)3-2-16(14)22/h2-4,6,9-10,19H,5,7-8H2,1H3,(H,26,27). The molecular formula is C21H17F3N6O. The molecule has 0 saturated heterocycles. The molecule has 0 bridgehead atoms. The third-order valence-electron chi connectivity index (χ3n) is 5.44. The van der Waals surface area contributed by atoms with E-state index in [0.717, 1.165) is 5.56 Å². The van der Waals surface area contributed by atoms with Crippen LogP contribution in [0.1, 0.15) is 28.8 Å². The van der Waals surface area contributed by atoms with E-state index in [1.54, 1.807) is 29.7 Å². The van der Waals surface area contributed by atoms with Gasteiger partial charge in [-0.15, -0.1) is 10.2 Å². The number of rotatable bonds is 5. The molecule has 1 N–H and O–H groups in total. The Hall–Kier alpha value is -3.69. The second-order valence-electron chi connectivity index (χ2n) is 7.14. The Bertz CT molecular complexity index is 1290. The first-order valence-corrected chi connectivity index (χ1v) is 9.64. The molecule has 4 aromatic rings. The number of anilines is 1. The van der Waals surface area contributed by atoms with Crippen molar-refractivity contribution in [3.05, 3.63) is 65.1 Å². The van der Waals surface area contributed by atoms with Gasteiger partial charge in [0.25, 0.3) is 6.43 Å². The van der Waals surface area contributed by atoms with E-state index in [1.165, 1.54) is 18.6 Å². The van der Waals surface area contributed by atoms with E-state index in [4.69, 9.17) is 4.74 Å². The van der Waals surface area contributed by atoms with Gasteiger partial charge >= 0.3 is 0 Å². The highest BCUT2D eigenvalue weighted by Gasteiger charge is 2.21. The average molecular weight is 426 g/mol. The van der Waals surface area contributed by atoms with Crippen molar-refractivity contribution in [1.29, 1.82) is 0 Å². The highest BCUT2D eigenvalue weighted by atomic mass is 19.3. The van der Waals surface area contributed by atoms with Crippen molar-refractivity contribution >= 4 is 11.6 Å². The quantitative estimate of drug-likeness (QED) is 0.517. The fourth-order valence-electron chi connectivity index (χ4n) is 3.88. The summed E-state index contributed by atoms with van der Waals surface area (Å²) < 4.78 is 48.1. The Kier molecular flexibility index (Phi) is 4.68. The molecule has 158 valence electrons. The summed E-state index contributed by atoms with van der Waals surface area (Å²) in [5.41, 5.74) is 2.97. The molecule has 0 saturated carbocycles. The van der Waals surface area contributed by atoms with E-state index in [-0.39, 0.29) is 18.1 Å². The summed E-state index contributed by atoms with van der Waals surface area (Å²) in [7, 11) is 0. The van der Waals surface area contributed by atoms with Crippen LogP contribution in [0.4, 0.5) is 19.1 Å². The van der Waals surface area contributed by atoms with Gasteiger partial charge in [-0.05, 0) is 36.2 Å². The maximum atomic E-state index is 14.4. The van der Waals surface area contributed by atoms with Crippen LogP contribution in [0.25, 0.3) is 16.8 Å². The Morgan fingerprint density at radius 3 is 2.90 bits per heavy atom. The molecule has 31 heavy (non-hydrogen) atoms. The highest BCUT2D eigenvalue weighted by Crippen LogP contribution is 2.33. The van der Waals surface area contributed by atoms with Crippen molar-refractivity contribution in [3.8, 4) is 16.9 Å². The number of pyridine rings is 1. The Morgan fingerprint density at radius 1 is 1.19 bits per heavy atom. The predicted octanol–water partition coefficient (Wildman–Crippen LogP) is 4.12. The molecule has 0 radical (unpaired) electrons. The van der Waals surface area contributed by atoms with Crippen molar-refractivity contribution in [1.82, 2.24) is 24.6 Å². The zero-order chi connectivity index (χ0) is 21.5. The Balaban J connectivity index is 1.51. The zero-order valence-electron chi connectivity index (χ0n) is 16.4. The molecular weight excluding hydrogens is 409 g/mol. The topological polar surface area (TPSA) is 77.2 Å². The lowest BCUT2D eigenvalue weighted by atomic mass is 10.0. The van der Waals surface area contributed by atoms with Crippen LogP contribution in [0.15, 0.2) is 36.9 Å². The van der Waals surface area contributed by atoms with Crippen molar-refractivity contribution in [2.45, 2.75) is 26.3 Å². The molecule has 1 aliphatic heterocycles. The summed E-state index contributed by atoms with van der Waals surface area (Å²) in [6, 6.07) is 4.67. The molecule has 1 aliphatic rings. The predicted molar refractivity (Wildman–Crippen MR) is 107 cm³/mol. The van der Waals surface area contributed by atoms with Crippen LogP contribution in [0.2, 0.25) is 0 Å². The number of hydrogen-bond donors (Lipinski definition) is 1. The van der Waals surface area contributed by atoms with Gasteiger partial charge in [-0.3, -0.25) is 9.38 Å². The van der Waals surface area contributed by atoms with Crippen LogP contribution in [-0.4, -0.2) is 31.2 Å². The van der Waals surface area contributed by atoms with Crippen LogP contribution in [0, 0.1) is 12.7 Å². The van der Waals surface area contributed by atoms with Gasteiger partial charge in [-0.1, -0.05) is 0 Å². The summed E-state index contributed by atoms with van der Waals surface area (Å²) >= 11 is 0. The molecule has 0 atom stereocenters. The molecule has 10 heteroatoms. The molecule has 0 aliphatic carbocycles. The summed E-state index contributed by atoms with van der Waals surface area (Å²) in [6.45, 7) is 2.31. The SMILES string of the molecule is Cc1c(-c2cnc(NCc3c(F)ccc4c3CCO4)n3cnnc23)ccnc1C(F)F. The molecule has 1 aromatic carbocycles. The minimum Gasteiger partial charge on any atom is -0.493 e. The number of alkyl halides is 2. The third-order valence-corrected chi connectivity index (χ3v) is 5.44. The van der Waals surface area contributed by atoms with E-state index in [1.807, 2.05) is 0 Å². The maximum Gasteiger partial charge on any atom is 0.280 e. The van der Waals surface area contributed by atoms with Gasteiger partial charge in [0.15, 0.2) is 5.65 Å². The number of aromatic nitrogens is 5. The van der Waals surface area contributed by atoms with Crippen LogP contribution >= 0.6 is 0 Å². The van der Waals surface area contributed by atoms with Crippen LogP contribution in [-0.2, 0) is 13.0 Å². The van der Waals surface area contributed by atoms with E-state index in [2.05, 4.69) is 25.5 Å². The molecule has 0 fully saturated rings. The monoisotopic (exact) mass is 426 g/mol. The van der Waals surface area contributed by atoms with Gasteiger partial charge in [0.1, 0.15) is 23.6 Å². The molecule has 0 spiro atoms. The first-order valence-electron chi connectivity index (χ1n) is 9.64. The summed E-state index contributed by atoms with van der Waals surface area (Å²) in [6.07, 6.45) is 2.30. The van der Waals surface area contributed by atoms with Crippen LogP contribution < -0.4 is 10.1 Å². The number of hydrogen-bond acceptors (Lipinski definition) is 6. The van der Waals surface area contributed by atoms with Gasteiger partial charge in [0, 0.05) is 42.0 Å². The van der Waals surface area contributed by atoms with E-state index >= 15 is 0 Å². The lowest BCUT2D eigenvalue weighted by molar-refractivity contribution is 0.145. The third kappa shape index (κ3) is 3.24. The maximum absolute atomic E-state index is 14.4. The molecule has 3 aromatic heterocycles. The Labute approximate surface area is 174 Å². The van der Waals surface area contributed by atoms with Gasteiger partial charge in [0.05, 0.1) is 6.61 Å². The second-order valence-corrected chi connectivity index (χ2v) is 7.14. The number of ether oxygens (including phenoxy) is 1. The van der Waals surface area contributed by atoms with Crippen LogP contribution in [0.3, 0.4) is 0 Å². The fraction of sp³-hybridized carbons (Fsp3) is 0.238. The number of nitrogens with zero attached hydrogens (tertiary/aromatic N) is 5.